The van der Waals surface area contributed by atoms with Crippen molar-refractivity contribution in [3.8, 4) is 0 Å². The first-order valence-corrected chi connectivity index (χ1v) is 6.77. The van der Waals surface area contributed by atoms with E-state index in [4.69, 9.17) is 5.11 Å². The lowest BCUT2D eigenvalue weighted by molar-refractivity contribution is 0.262. The third kappa shape index (κ3) is 4.20. The molecule has 0 amide bonds. The number of nitrogens with one attached hydrogen (secondary N) is 1. The smallest absolute Gasteiger partial charge is 0.0953 e. The van der Waals surface area contributed by atoms with Crippen LogP contribution < -0.4 is 5.32 Å². The van der Waals surface area contributed by atoms with E-state index >= 15 is 0 Å². The van der Waals surface area contributed by atoms with Crippen LogP contribution in [0.15, 0.2) is 6.20 Å². The minimum absolute atomic E-state index is 0.255. The highest BCUT2D eigenvalue weighted by Gasteiger charge is 2.08. The average Bonchev–Trinajstić information content (AvgIpc) is 2.73. The molecule has 0 aliphatic heterocycles. The minimum Gasteiger partial charge on any atom is -0.396 e. The van der Waals surface area contributed by atoms with Crippen LogP contribution in [0.1, 0.15) is 49.4 Å². The van der Waals surface area contributed by atoms with Crippen LogP contribution in [0.25, 0.3) is 0 Å². The number of hydrogen-bond acceptors (Lipinski definition) is 4. The second kappa shape index (κ2) is 6.99. The molecule has 0 bridgehead atoms. The molecular formula is C12H22N2OS. The van der Waals surface area contributed by atoms with Gasteiger partial charge < -0.3 is 10.4 Å². The third-order valence-electron chi connectivity index (χ3n) is 2.60. The van der Waals surface area contributed by atoms with Crippen molar-refractivity contribution in [2.75, 3.05) is 6.61 Å². The van der Waals surface area contributed by atoms with Crippen molar-refractivity contribution in [1.29, 1.82) is 0 Å². The molecule has 0 saturated carbocycles. The van der Waals surface area contributed by atoms with Crippen molar-refractivity contribution in [1.82, 2.24) is 10.3 Å². The van der Waals surface area contributed by atoms with Crippen molar-refractivity contribution in [2.45, 2.75) is 52.1 Å². The highest BCUT2D eigenvalue weighted by atomic mass is 32.1. The van der Waals surface area contributed by atoms with Crippen molar-refractivity contribution in [3.63, 3.8) is 0 Å². The van der Waals surface area contributed by atoms with E-state index in [1.807, 2.05) is 6.20 Å². The van der Waals surface area contributed by atoms with Crippen LogP contribution in [0.5, 0.6) is 0 Å². The van der Waals surface area contributed by atoms with E-state index in [9.17, 15) is 0 Å². The summed E-state index contributed by atoms with van der Waals surface area (Å²) < 4.78 is 0. The van der Waals surface area contributed by atoms with E-state index in [2.05, 4.69) is 31.1 Å². The van der Waals surface area contributed by atoms with Gasteiger partial charge in [0.2, 0.25) is 0 Å². The maximum atomic E-state index is 8.89. The van der Waals surface area contributed by atoms with Crippen LogP contribution in [-0.4, -0.2) is 22.7 Å². The summed E-state index contributed by atoms with van der Waals surface area (Å²) in [6.45, 7) is 7.58. The molecule has 0 fully saturated rings. The predicted octanol–water partition coefficient (Wildman–Crippen LogP) is 2.52. The molecular weight excluding hydrogens is 220 g/mol. The molecule has 0 aliphatic carbocycles. The van der Waals surface area contributed by atoms with Crippen molar-refractivity contribution in [3.05, 3.63) is 16.1 Å². The average molecular weight is 242 g/mol. The molecule has 1 rings (SSSR count). The van der Waals surface area contributed by atoms with Gasteiger partial charge in [-0.1, -0.05) is 20.8 Å². The van der Waals surface area contributed by atoms with Gasteiger partial charge in [0.25, 0.3) is 0 Å². The van der Waals surface area contributed by atoms with Gasteiger partial charge in [-0.2, -0.15) is 0 Å². The number of nitrogens with zero attached hydrogens (tertiary/aromatic N) is 1. The Balaban J connectivity index is 2.41. The summed E-state index contributed by atoms with van der Waals surface area (Å²) in [5.41, 5.74) is 0. The summed E-state index contributed by atoms with van der Waals surface area (Å²) >= 11 is 1.78. The van der Waals surface area contributed by atoms with Gasteiger partial charge in [-0.3, -0.25) is 0 Å². The fraction of sp³-hybridized carbons (Fsp3) is 0.750. The summed E-state index contributed by atoms with van der Waals surface area (Å²) in [7, 11) is 0. The Bertz CT molecular complexity index is 299. The molecule has 0 aliphatic rings. The number of aliphatic hydroxyl groups excluding tert-OH is 1. The van der Waals surface area contributed by atoms with Crippen molar-refractivity contribution < 1.29 is 5.11 Å². The Morgan fingerprint density at radius 1 is 1.50 bits per heavy atom. The Labute approximate surface area is 102 Å². The van der Waals surface area contributed by atoms with E-state index in [1.165, 1.54) is 9.88 Å². The summed E-state index contributed by atoms with van der Waals surface area (Å²) in [5, 5.41) is 13.5. The van der Waals surface area contributed by atoms with Gasteiger partial charge in [0, 0.05) is 36.2 Å². The summed E-state index contributed by atoms with van der Waals surface area (Å²) in [5.74, 6) is 0.512. The molecule has 3 nitrogen and oxygen atoms in total. The van der Waals surface area contributed by atoms with E-state index < -0.39 is 0 Å². The largest absolute Gasteiger partial charge is 0.396 e. The number of aromatic nitrogens is 1. The molecule has 92 valence electrons. The van der Waals surface area contributed by atoms with Gasteiger partial charge in [-0.05, 0) is 12.8 Å². The Morgan fingerprint density at radius 2 is 2.25 bits per heavy atom. The standard InChI is InChI=1S/C12H22N2OS/c1-4-10(5-6-15)13-7-11-8-14-12(16-11)9(2)3/h8-10,13,15H,4-7H2,1-3H3. The minimum atomic E-state index is 0.255. The zero-order chi connectivity index (χ0) is 12.0. The molecule has 4 heteroatoms. The zero-order valence-corrected chi connectivity index (χ0v) is 11.2. The molecule has 0 aromatic carbocycles. The highest BCUT2D eigenvalue weighted by molar-refractivity contribution is 7.11. The lowest BCUT2D eigenvalue weighted by Crippen LogP contribution is -2.28. The zero-order valence-electron chi connectivity index (χ0n) is 10.4. The van der Waals surface area contributed by atoms with Crippen molar-refractivity contribution >= 4 is 11.3 Å². The normalized spacial score (nSPS) is 13.3. The fourth-order valence-corrected chi connectivity index (χ4v) is 2.39. The SMILES string of the molecule is CCC(CCO)NCc1cnc(C(C)C)s1. The van der Waals surface area contributed by atoms with Gasteiger partial charge in [-0.25, -0.2) is 4.98 Å². The van der Waals surface area contributed by atoms with Gasteiger partial charge in [0.05, 0.1) is 5.01 Å². The predicted molar refractivity (Wildman–Crippen MR) is 68.8 cm³/mol. The van der Waals surface area contributed by atoms with Crippen LogP contribution in [0.4, 0.5) is 0 Å². The quantitative estimate of drug-likeness (QED) is 0.772. The molecule has 0 radical (unpaired) electrons. The molecule has 0 spiro atoms. The number of rotatable bonds is 7. The van der Waals surface area contributed by atoms with Gasteiger partial charge in [-0.15, -0.1) is 11.3 Å². The third-order valence-corrected chi connectivity index (χ3v) is 3.90. The highest BCUT2D eigenvalue weighted by Crippen LogP contribution is 2.20. The second-order valence-corrected chi connectivity index (χ2v) is 5.46. The lowest BCUT2D eigenvalue weighted by atomic mass is 10.1. The Kier molecular flexibility index (Phi) is 5.95. The van der Waals surface area contributed by atoms with Crippen LogP contribution >= 0.6 is 11.3 Å². The lowest BCUT2D eigenvalue weighted by Gasteiger charge is -2.14. The molecule has 1 aromatic rings. The van der Waals surface area contributed by atoms with Crippen LogP contribution in [0.3, 0.4) is 0 Å². The number of aliphatic hydroxyl groups is 1. The first-order chi connectivity index (χ1) is 7.67. The topological polar surface area (TPSA) is 45.1 Å². The molecule has 2 N–H and O–H groups in total. The maximum Gasteiger partial charge on any atom is 0.0953 e. The Hall–Kier alpha value is -0.450. The monoisotopic (exact) mass is 242 g/mol. The second-order valence-electron chi connectivity index (χ2n) is 4.32. The first kappa shape index (κ1) is 13.6. The van der Waals surface area contributed by atoms with Crippen LogP contribution in [0, 0.1) is 0 Å². The van der Waals surface area contributed by atoms with E-state index in [0.717, 1.165) is 19.4 Å². The van der Waals surface area contributed by atoms with E-state index in [0.29, 0.717) is 12.0 Å². The Morgan fingerprint density at radius 3 is 2.75 bits per heavy atom. The molecule has 1 unspecified atom stereocenters. The summed E-state index contributed by atoms with van der Waals surface area (Å²) in [6, 6.07) is 0.412. The van der Waals surface area contributed by atoms with E-state index in [1.54, 1.807) is 11.3 Å². The molecule has 1 aromatic heterocycles. The molecule has 0 saturated heterocycles. The van der Waals surface area contributed by atoms with Gasteiger partial charge >= 0.3 is 0 Å². The maximum absolute atomic E-state index is 8.89. The number of hydrogen-bond donors (Lipinski definition) is 2. The number of thiazole rings is 1. The summed E-state index contributed by atoms with van der Waals surface area (Å²) in [6.07, 6.45) is 3.83. The van der Waals surface area contributed by atoms with Gasteiger partial charge in [0.1, 0.15) is 0 Å². The van der Waals surface area contributed by atoms with E-state index in [-0.39, 0.29) is 6.61 Å². The van der Waals surface area contributed by atoms with Gasteiger partial charge in [0.15, 0.2) is 0 Å². The fourth-order valence-electron chi connectivity index (χ4n) is 1.52. The molecule has 1 atom stereocenters. The molecule has 16 heavy (non-hydrogen) atoms. The summed E-state index contributed by atoms with van der Waals surface area (Å²) in [4.78, 5) is 5.67. The van der Waals surface area contributed by atoms with Crippen LogP contribution in [-0.2, 0) is 6.54 Å². The first-order valence-electron chi connectivity index (χ1n) is 5.96. The van der Waals surface area contributed by atoms with Crippen LogP contribution in [0.2, 0.25) is 0 Å². The van der Waals surface area contributed by atoms with Crippen molar-refractivity contribution in [2.24, 2.45) is 0 Å². The molecule has 1 heterocycles.